The Morgan fingerprint density at radius 2 is 2.11 bits per heavy atom. The van der Waals surface area contributed by atoms with Crippen molar-refractivity contribution in [2.24, 2.45) is 0 Å². The Balaban J connectivity index is 1.85. The molecule has 2 rings (SSSR count). The zero-order chi connectivity index (χ0) is 13.7. The molecule has 1 aliphatic rings. The molecule has 2 N–H and O–H groups in total. The van der Waals surface area contributed by atoms with Crippen LogP contribution in [0.1, 0.15) is 5.56 Å². The number of ether oxygens (including phenoxy) is 1. The number of sulfonamides is 1. The van der Waals surface area contributed by atoms with Gasteiger partial charge in [-0.15, -0.1) is 0 Å². The lowest BCUT2D eigenvalue weighted by Gasteiger charge is -2.23. The van der Waals surface area contributed by atoms with E-state index in [-0.39, 0.29) is 17.6 Å². The van der Waals surface area contributed by atoms with Crippen LogP contribution in [-0.4, -0.2) is 40.8 Å². The van der Waals surface area contributed by atoms with Gasteiger partial charge in [-0.1, -0.05) is 12.1 Å². The molecule has 5 nitrogen and oxygen atoms in total. The maximum absolute atomic E-state index is 12.7. The van der Waals surface area contributed by atoms with Crippen molar-refractivity contribution in [3.05, 3.63) is 35.6 Å². The molecule has 1 aromatic carbocycles. The molecule has 1 atom stereocenters. The topological polar surface area (TPSA) is 67.4 Å². The molecule has 1 fully saturated rings. The number of rotatable bonds is 5. The minimum absolute atomic E-state index is 0.00302. The number of morpholine rings is 1. The van der Waals surface area contributed by atoms with E-state index in [4.69, 9.17) is 4.74 Å². The standard InChI is InChI=1S/C12H17FN2O3S/c13-11-3-1-10(2-4-11)9-19(16,17)15-7-12-8-18-6-5-14-12/h1-4,12,14-15H,5-9H2. The molecular formula is C12H17FN2O3S. The first-order valence-electron chi connectivity index (χ1n) is 6.08. The second kappa shape index (κ2) is 6.42. The van der Waals surface area contributed by atoms with Gasteiger partial charge in [0.1, 0.15) is 5.82 Å². The van der Waals surface area contributed by atoms with Crippen LogP contribution >= 0.6 is 0 Å². The average molecular weight is 288 g/mol. The minimum atomic E-state index is -3.41. The minimum Gasteiger partial charge on any atom is -0.378 e. The van der Waals surface area contributed by atoms with Crippen LogP contribution in [0.15, 0.2) is 24.3 Å². The van der Waals surface area contributed by atoms with Gasteiger partial charge < -0.3 is 10.1 Å². The van der Waals surface area contributed by atoms with Crippen LogP contribution in [0.4, 0.5) is 4.39 Å². The Hall–Kier alpha value is -1.02. The van der Waals surface area contributed by atoms with Gasteiger partial charge in [0.15, 0.2) is 0 Å². The second-order valence-corrected chi connectivity index (χ2v) is 6.27. The molecule has 1 aliphatic heterocycles. The first kappa shape index (κ1) is 14.4. The zero-order valence-corrected chi connectivity index (χ0v) is 11.2. The molecule has 1 aromatic rings. The maximum atomic E-state index is 12.7. The van der Waals surface area contributed by atoms with Crippen molar-refractivity contribution in [3.63, 3.8) is 0 Å². The third kappa shape index (κ3) is 4.87. The van der Waals surface area contributed by atoms with Crippen molar-refractivity contribution in [1.82, 2.24) is 10.0 Å². The number of hydrogen-bond donors (Lipinski definition) is 2. The molecule has 0 amide bonds. The van der Waals surface area contributed by atoms with Gasteiger partial charge in [0.2, 0.25) is 10.0 Å². The third-order valence-electron chi connectivity index (χ3n) is 2.82. The van der Waals surface area contributed by atoms with E-state index in [0.717, 1.165) is 6.54 Å². The fourth-order valence-electron chi connectivity index (χ4n) is 1.83. The van der Waals surface area contributed by atoms with Gasteiger partial charge in [0.25, 0.3) is 0 Å². The highest BCUT2D eigenvalue weighted by atomic mass is 32.2. The van der Waals surface area contributed by atoms with Crippen LogP contribution in [0, 0.1) is 5.82 Å². The maximum Gasteiger partial charge on any atom is 0.215 e. The van der Waals surface area contributed by atoms with E-state index in [9.17, 15) is 12.8 Å². The Kier molecular flexibility index (Phi) is 4.87. The lowest BCUT2D eigenvalue weighted by molar-refractivity contribution is 0.0784. The number of nitrogens with one attached hydrogen (secondary N) is 2. The Morgan fingerprint density at radius 1 is 1.37 bits per heavy atom. The molecule has 1 heterocycles. The van der Waals surface area contributed by atoms with Gasteiger partial charge in [-0.2, -0.15) is 0 Å². The molecule has 0 spiro atoms. The van der Waals surface area contributed by atoms with Crippen molar-refractivity contribution in [3.8, 4) is 0 Å². The van der Waals surface area contributed by atoms with Crippen molar-refractivity contribution >= 4 is 10.0 Å². The molecule has 0 aliphatic carbocycles. The van der Waals surface area contributed by atoms with Crippen LogP contribution < -0.4 is 10.0 Å². The molecular weight excluding hydrogens is 271 g/mol. The molecule has 106 valence electrons. The lowest BCUT2D eigenvalue weighted by atomic mass is 10.2. The normalized spacial score (nSPS) is 20.4. The number of hydrogen-bond acceptors (Lipinski definition) is 4. The Morgan fingerprint density at radius 3 is 2.74 bits per heavy atom. The Labute approximate surface area is 112 Å². The van der Waals surface area contributed by atoms with Crippen LogP contribution in [0.3, 0.4) is 0 Å². The summed E-state index contributed by atoms with van der Waals surface area (Å²) in [7, 11) is -3.41. The van der Waals surface area contributed by atoms with E-state index in [0.29, 0.717) is 25.3 Å². The van der Waals surface area contributed by atoms with E-state index < -0.39 is 10.0 Å². The van der Waals surface area contributed by atoms with E-state index in [1.807, 2.05) is 0 Å². The highest BCUT2D eigenvalue weighted by molar-refractivity contribution is 7.88. The van der Waals surface area contributed by atoms with Crippen LogP contribution in [0.5, 0.6) is 0 Å². The average Bonchev–Trinajstić information content (AvgIpc) is 2.40. The fourth-order valence-corrected chi connectivity index (χ4v) is 3.02. The summed E-state index contributed by atoms with van der Waals surface area (Å²) in [6.07, 6.45) is 0. The predicted molar refractivity (Wildman–Crippen MR) is 69.6 cm³/mol. The largest absolute Gasteiger partial charge is 0.378 e. The molecule has 1 unspecified atom stereocenters. The highest BCUT2D eigenvalue weighted by Gasteiger charge is 2.17. The summed E-state index contributed by atoms with van der Waals surface area (Å²) in [5.41, 5.74) is 0.557. The smallest absolute Gasteiger partial charge is 0.215 e. The van der Waals surface area contributed by atoms with Gasteiger partial charge >= 0.3 is 0 Å². The fraction of sp³-hybridized carbons (Fsp3) is 0.500. The van der Waals surface area contributed by atoms with Crippen molar-refractivity contribution < 1.29 is 17.5 Å². The molecule has 0 aromatic heterocycles. The lowest BCUT2D eigenvalue weighted by Crippen LogP contribution is -2.48. The van der Waals surface area contributed by atoms with Crippen LogP contribution in [-0.2, 0) is 20.5 Å². The van der Waals surface area contributed by atoms with Crippen molar-refractivity contribution in [1.29, 1.82) is 0 Å². The van der Waals surface area contributed by atoms with Gasteiger partial charge in [0, 0.05) is 19.1 Å². The van der Waals surface area contributed by atoms with E-state index >= 15 is 0 Å². The molecule has 1 saturated heterocycles. The summed E-state index contributed by atoms with van der Waals surface area (Å²) < 4.78 is 44.2. The summed E-state index contributed by atoms with van der Waals surface area (Å²) in [5, 5.41) is 3.16. The SMILES string of the molecule is O=S(=O)(Cc1ccc(F)cc1)NCC1COCCN1. The summed E-state index contributed by atoms with van der Waals surface area (Å²) >= 11 is 0. The highest BCUT2D eigenvalue weighted by Crippen LogP contribution is 2.06. The monoisotopic (exact) mass is 288 g/mol. The first-order valence-corrected chi connectivity index (χ1v) is 7.73. The van der Waals surface area contributed by atoms with Crippen molar-refractivity contribution in [2.45, 2.75) is 11.8 Å². The van der Waals surface area contributed by atoms with Gasteiger partial charge in [-0.05, 0) is 17.7 Å². The predicted octanol–water partition coefficient (Wildman–Crippen LogP) is 0.234. The molecule has 19 heavy (non-hydrogen) atoms. The molecule has 0 saturated carbocycles. The molecule has 0 radical (unpaired) electrons. The van der Waals surface area contributed by atoms with E-state index in [1.54, 1.807) is 0 Å². The Bertz CT molecular complexity index is 498. The molecule has 7 heteroatoms. The number of benzene rings is 1. The summed E-state index contributed by atoms with van der Waals surface area (Å²) in [6.45, 7) is 2.17. The van der Waals surface area contributed by atoms with E-state index in [1.165, 1.54) is 24.3 Å². The third-order valence-corrected chi connectivity index (χ3v) is 4.14. The molecule has 0 bridgehead atoms. The van der Waals surface area contributed by atoms with Crippen LogP contribution in [0.2, 0.25) is 0 Å². The van der Waals surface area contributed by atoms with Gasteiger partial charge in [0.05, 0.1) is 19.0 Å². The zero-order valence-electron chi connectivity index (χ0n) is 10.4. The summed E-state index contributed by atoms with van der Waals surface area (Å²) in [6, 6.07) is 5.44. The summed E-state index contributed by atoms with van der Waals surface area (Å²) in [5.74, 6) is -0.529. The van der Waals surface area contributed by atoms with Gasteiger partial charge in [-0.25, -0.2) is 17.5 Å². The second-order valence-electron chi connectivity index (χ2n) is 4.46. The van der Waals surface area contributed by atoms with Gasteiger partial charge in [-0.3, -0.25) is 0 Å². The van der Waals surface area contributed by atoms with E-state index in [2.05, 4.69) is 10.0 Å². The van der Waals surface area contributed by atoms with Crippen LogP contribution in [0.25, 0.3) is 0 Å². The number of halogens is 1. The quantitative estimate of drug-likeness (QED) is 0.814. The first-order chi connectivity index (χ1) is 9.05. The van der Waals surface area contributed by atoms with Crippen molar-refractivity contribution in [2.75, 3.05) is 26.3 Å². The summed E-state index contributed by atoms with van der Waals surface area (Å²) in [4.78, 5) is 0.